The molecule has 2 atom stereocenters. The minimum absolute atomic E-state index is 0.0380. The molecule has 2 saturated heterocycles. The maximum Gasteiger partial charge on any atom is 0.292 e. The molecule has 2 aliphatic heterocycles. The number of amides is 2. The molecule has 188 valence electrons. The van der Waals surface area contributed by atoms with Crippen molar-refractivity contribution in [2.24, 2.45) is 11.3 Å². The predicted molar refractivity (Wildman–Crippen MR) is 132 cm³/mol. The molecule has 35 heavy (non-hydrogen) atoms. The molecule has 1 aromatic heterocycles. The summed E-state index contributed by atoms with van der Waals surface area (Å²) >= 11 is 6.21. The zero-order chi connectivity index (χ0) is 24.4. The van der Waals surface area contributed by atoms with Gasteiger partial charge in [0.2, 0.25) is 11.7 Å². The minimum Gasteiger partial charge on any atom is -0.376 e. The van der Waals surface area contributed by atoms with Crippen LogP contribution in [0.5, 0.6) is 0 Å². The van der Waals surface area contributed by atoms with E-state index in [-0.39, 0.29) is 23.7 Å². The smallest absolute Gasteiger partial charge is 0.292 e. The highest BCUT2D eigenvalue weighted by atomic mass is 35.5. The molecule has 5 rings (SSSR count). The average Bonchev–Trinajstić information content (AvgIpc) is 3.57. The number of benzene rings is 1. The second-order valence-electron chi connectivity index (χ2n) is 10.5. The van der Waals surface area contributed by atoms with Crippen LogP contribution < -0.4 is 0 Å². The molecular formula is C27H34ClN3O4. The number of ether oxygens (including phenoxy) is 1. The summed E-state index contributed by atoms with van der Waals surface area (Å²) in [5, 5.41) is 4.70. The molecule has 3 heterocycles. The van der Waals surface area contributed by atoms with Crippen molar-refractivity contribution in [2.45, 2.75) is 64.5 Å². The van der Waals surface area contributed by atoms with Crippen LogP contribution in [0.1, 0.15) is 67.3 Å². The molecule has 3 fully saturated rings. The van der Waals surface area contributed by atoms with Crippen LogP contribution in [0.15, 0.2) is 34.9 Å². The number of rotatable bonds is 8. The molecule has 1 spiro atoms. The minimum atomic E-state index is -0.648. The molecule has 1 saturated carbocycles. The third kappa shape index (κ3) is 5.56. The first-order chi connectivity index (χ1) is 17.0. The molecule has 0 N–H and O–H groups in total. The summed E-state index contributed by atoms with van der Waals surface area (Å²) in [5.41, 5.74) is 1.14. The van der Waals surface area contributed by atoms with E-state index in [0.717, 1.165) is 43.5 Å². The largest absolute Gasteiger partial charge is 0.376 e. The number of likely N-dealkylation sites (tertiary alicyclic amines) is 2. The van der Waals surface area contributed by atoms with Gasteiger partial charge in [0.05, 0.1) is 17.2 Å². The van der Waals surface area contributed by atoms with Gasteiger partial charge in [0.1, 0.15) is 0 Å². The lowest BCUT2D eigenvalue weighted by molar-refractivity contribution is -0.160. The maximum absolute atomic E-state index is 13.9. The van der Waals surface area contributed by atoms with Gasteiger partial charge >= 0.3 is 0 Å². The van der Waals surface area contributed by atoms with Gasteiger partial charge in [-0.05, 0) is 62.1 Å². The number of halogens is 1. The highest BCUT2D eigenvalue weighted by Crippen LogP contribution is 2.42. The summed E-state index contributed by atoms with van der Waals surface area (Å²) in [6.45, 7) is 4.86. The quantitative estimate of drug-likeness (QED) is 0.524. The first kappa shape index (κ1) is 24.3. The van der Waals surface area contributed by atoms with E-state index in [0.29, 0.717) is 43.5 Å². The van der Waals surface area contributed by atoms with Crippen LogP contribution in [-0.2, 0) is 22.5 Å². The first-order valence-electron chi connectivity index (χ1n) is 12.9. The van der Waals surface area contributed by atoms with E-state index in [1.54, 1.807) is 11.0 Å². The van der Waals surface area contributed by atoms with Crippen molar-refractivity contribution < 1.29 is 18.8 Å². The second-order valence-corrected chi connectivity index (χ2v) is 10.9. The summed E-state index contributed by atoms with van der Waals surface area (Å²) in [5.74, 6) is 0.823. The highest BCUT2D eigenvalue weighted by molar-refractivity contribution is 6.30. The fourth-order valence-corrected chi connectivity index (χ4v) is 5.71. The van der Waals surface area contributed by atoms with Crippen LogP contribution >= 0.6 is 11.6 Å². The molecule has 1 aliphatic carbocycles. The monoisotopic (exact) mass is 499 g/mol. The number of aromatic nitrogens is 1. The van der Waals surface area contributed by atoms with Gasteiger partial charge in [-0.25, -0.2) is 0 Å². The molecule has 0 bridgehead atoms. The lowest BCUT2D eigenvalue weighted by atomic mass is 9.72. The molecule has 2 aromatic rings. The summed E-state index contributed by atoms with van der Waals surface area (Å²) in [4.78, 5) is 30.9. The molecule has 3 aliphatic rings. The number of piperidine rings is 2. The lowest BCUT2D eigenvalue weighted by Gasteiger charge is -2.49. The highest BCUT2D eigenvalue weighted by Gasteiger charge is 2.51. The van der Waals surface area contributed by atoms with Gasteiger partial charge in [0.15, 0.2) is 0 Å². The fourth-order valence-electron chi connectivity index (χ4n) is 5.50. The summed E-state index contributed by atoms with van der Waals surface area (Å²) in [7, 11) is 0. The Morgan fingerprint density at radius 3 is 2.94 bits per heavy atom. The zero-order valence-corrected chi connectivity index (χ0v) is 21.1. The first-order valence-corrected chi connectivity index (χ1v) is 13.2. The Labute approximate surface area is 211 Å². The topological polar surface area (TPSA) is 75.9 Å². The van der Waals surface area contributed by atoms with Gasteiger partial charge in [-0.2, -0.15) is 0 Å². The van der Waals surface area contributed by atoms with Crippen molar-refractivity contribution in [3.63, 3.8) is 0 Å². The Morgan fingerprint density at radius 1 is 1.31 bits per heavy atom. The molecule has 1 aromatic carbocycles. The average molecular weight is 500 g/mol. The number of hydrogen-bond acceptors (Lipinski definition) is 5. The number of carbonyl (C=O) groups excluding carboxylic acids is 2. The summed E-state index contributed by atoms with van der Waals surface area (Å²) in [6, 6.07) is 9.39. The third-order valence-corrected chi connectivity index (χ3v) is 7.69. The Bertz CT molecular complexity index is 1070. The van der Waals surface area contributed by atoms with Crippen LogP contribution in [0.2, 0.25) is 5.02 Å². The van der Waals surface area contributed by atoms with Gasteiger partial charge < -0.3 is 19.1 Å². The molecular weight excluding hydrogens is 466 g/mol. The van der Waals surface area contributed by atoms with E-state index in [1.165, 1.54) is 12.8 Å². The normalized spacial score (nSPS) is 24.9. The van der Waals surface area contributed by atoms with Crippen molar-refractivity contribution in [2.75, 3.05) is 26.2 Å². The standard InChI is InChI=1S/C27H34ClN3O4/c1-2-5-22-13-24(35-29-22)25(32)30-11-4-10-27(18-30)14-23(34-17-19-8-9-19)16-31(26(27)33)15-20-6-3-7-21(28)12-20/h3,6-7,12-13,19,23H,2,4-5,8-11,14-18H2,1H3/t23-,27-/m0/s1. The van der Waals surface area contributed by atoms with Crippen molar-refractivity contribution in [3.05, 3.63) is 52.4 Å². The van der Waals surface area contributed by atoms with Crippen molar-refractivity contribution in [1.29, 1.82) is 0 Å². The van der Waals surface area contributed by atoms with Crippen molar-refractivity contribution in [1.82, 2.24) is 15.0 Å². The fraction of sp³-hybridized carbons (Fsp3) is 0.593. The Balaban J connectivity index is 1.35. The second kappa shape index (κ2) is 10.3. The van der Waals surface area contributed by atoms with Crippen molar-refractivity contribution >= 4 is 23.4 Å². The molecule has 0 radical (unpaired) electrons. The van der Waals surface area contributed by atoms with Gasteiger partial charge in [-0.3, -0.25) is 9.59 Å². The van der Waals surface area contributed by atoms with Crippen molar-refractivity contribution in [3.8, 4) is 0 Å². The van der Waals surface area contributed by atoms with Crippen LogP contribution in [0, 0.1) is 11.3 Å². The van der Waals surface area contributed by atoms with Crippen LogP contribution in [0.25, 0.3) is 0 Å². The van der Waals surface area contributed by atoms with Gasteiger partial charge in [0, 0.05) is 43.9 Å². The van der Waals surface area contributed by atoms with Gasteiger partial charge in [-0.1, -0.05) is 42.2 Å². The summed E-state index contributed by atoms with van der Waals surface area (Å²) < 4.78 is 11.7. The number of hydrogen-bond donors (Lipinski definition) is 0. The SMILES string of the molecule is CCCc1cc(C(=O)N2CCC[C@]3(C[C@H](OCC4CC4)CN(Cc4cccc(Cl)c4)C3=O)C2)on1. The van der Waals surface area contributed by atoms with Crippen LogP contribution in [0.3, 0.4) is 0 Å². The predicted octanol–water partition coefficient (Wildman–Crippen LogP) is 4.73. The zero-order valence-electron chi connectivity index (χ0n) is 20.4. The maximum atomic E-state index is 13.9. The Morgan fingerprint density at radius 2 is 2.17 bits per heavy atom. The molecule has 0 unspecified atom stereocenters. The van der Waals surface area contributed by atoms with Gasteiger partial charge in [-0.15, -0.1) is 0 Å². The van der Waals surface area contributed by atoms with E-state index in [9.17, 15) is 9.59 Å². The number of carbonyl (C=O) groups is 2. The van der Waals surface area contributed by atoms with Crippen LogP contribution in [0.4, 0.5) is 0 Å². The third-order valence-electron chi connectivity index (χ3n) is 7.45. The Hall–Kier alpha value is -2.38. The van der Waals surface area contributed by atoms with Gasteiger partial charge in [0.25, 0.3) is 5.91 Å². The molecule has 8 heteroatoms. The van der Waals surface area contributed by atoms with E-state index in [4.69, 9.17) is 20.9 Å². The van der Waals surface area contributed by atoms with E-state index < -0.39 is 5.41 Å². The lowest BCUT2D eigenvalue weighted by Crippen LogP contribution is -2.60. The van der Waals surface area contributed by atoms with Crippen LogP contribution in [-0.4, -0.2) is 59.1 Å². The number of nitrogens with zero attached hydrogens (tertiary/aromatic N) is 3. The van der Waals surface area contributed by atoms with E-state index >= 15 is 0 Å². The number of aryl methyl sites for hydroxylation is 1. The molecule has 7 nitrogen and oxygen atoms in total. The van der Waals surface area contributed by atoms with E-state index in [1.807, 2.05) is 29.2 Å². The van der Waals surface area contributed by atoms with E-state index in [2.05, 4.69) is 12.1 Å². The summed E-state index contributed by atoms with van der Waals surface area (Å²) in [6.07, 6.45) is 6.29. The molecule has 2 amide bonds. The Kier molecular flexibility index (Phi) is 7.17.